The van der Waals surface area contributed by atoms with Gasteiger partial charge in [0.05, 0.1) is 0 Å². The van der Waals surface area contributed by atoms with Gasteiger partial charge in [-0.25, -0.2) is 4.79 Å². The number of hydrogen-bond acceptors (Lipinski definition) is 6. The van der Waals surface area contributed by atoms with Crippen LogP contribution in [0.3, 0.4) is 0 Å². The highest BCUT2D eigenvalue weighted by atomic mass is 16.7. The summed E-state index contributed by atoms with van der Waals surface area (Å²) in [5.41, 5.74) is 5.03. The van der Waals surface area contributed by atoms with E-state index in [9.17, 15) is 19.5 Å². The van der Waals surface area contributed by atoms with Gasteiger partial charge in [0, 0.05) is 0 Å². The average Bonchev–Trinajstić information content (AvgIpc) is 2.02. The van der Waals surface area contributed by atoms with Crippen LogP contribution in [0.1, 0.15) is 6.92 Å². The quantitative estimate of drug-likeness (QED) is 0.344. The minimum atomic E-state index is -1.83. The van der Waals surface area contributed by atoms with Crippen LogP contribution >= 0.6 is 0 Å². The van der Waals surface area contributed by atoms with E-state index in [0.29, 0.717) is 0 Å². The number of rotatable bonds is 4. The van der Waals surface area contributed by atoms with Crippen LogP contribution in [-0.4, -0.2) is 30.7 Å². The van der Waals surface area contributed by atoms with Gasteiger partial charge in [-0.1, -0.05) is 0 Å². The Morgan fingerprint density at radius 2 is 1.85 bits per heavy atom. The zero-order valence-corrected chi connectivity index (χ0v) is 6.81. The van der Waals surface area contributed by atoms with Gasteiger partial charge >= 0.3 is 12.1 Å². The summed E-state index contributed by atoms with van der Waals surface area (Å²) in [6, 6.07) is -1.41. The Hall–Kier alpha value is -1.63. The molecular weight excluding hydrogens is 182 g/mol. The number of carbonyl (C=O) groups is 3. The molecule has 0 saturated carbocycles. The number of esters is 1. The van der Waals surface area contributed by atoms with Crippen molar-refractivity contribution in [3.8, 4) is 0 Å². The molecule has 1 radical (unpaired) electrons. The Balaban J connectivity index is 3.75. The summed E-state index contributed by atoms with van der Waals surface area (Å²) in [6.45, 7) is 0.272. The molecule has 7 nitrogen and oxygen atoms in total. The zero-order valence-electron chi connectivity index (χ0n) is 6.81. The summed E-state index contributed by atoms with van der Waals surface area (Å²) in [5, 5.41) is 9.66. The van der Waals surface area contributed by atoms with Crippen molar-refractivity contribution in [3.05, 3.63) is 0 Å². The molecule has 0 heterocycles. The van der Waals surface area contributed by atoms with Crippen LogP contribution in [0, 0.1) is 0 Å². The molecule has 0 saturated heterocycles. The van der Waals surface area contributed by atoms with Crippen LogP contribution in [-0.2, 0) is 24.2 Å². The normalized spacial score (nSPS) is 11.5. The Morgan fingerprint density at radius 3 is 2.23 bits per heavy atom. The molecular formula is C6H8NO6. The topological polar surface area (TPSA) is 116 Å². The van der Waals surface area contributed by atoms with Crippen molar-refractivity contribution >= 4 is 17.9 Å². The van der Waals surface area contributed by atoms with E-state index in [1.807, 2.05) is 0 Å². The Labute approximate surface area is 73.4 Å². The van der Waals surface area contributed by atoms with Gasteiger partial charge in [0.25, 0.3) is 0 Å². The van der Waals surface area contributed by atoms with Crippen molar-refractivity contribution < 1.29 is 29.0 Å². The molecule has 0 spiro atoms. The fourth-order valence-electron chi connectivity index (χ4n) is 0.391. The summed E-state index contributed by atoms with van der Waals surface area (Å²) in [4.78, 5) is 30.9. The minimum absolute atomic E-state index is 0.585. The molecule has 0 aromatic heterocycles. The summed E-state index contributed by atoms with van der Waals surface area (Å²) in [7, 11) is 0. The molecule has 0 aliphatic carbocycles. The van der Waals surface area contributed by atoms with Gasteiger partial charge in [-0.2, -0.15) is 9.90 Å². The highest BCUT2D eigenvalue weighted by Gasteiger charge is 2.19. The molecule has 0 fully saturated rings. The van der Waals surface area contributed by atoms with E-state index in [1.54, 1.807) is 0 Å². The van der Waals surface area contributed by atoms with Crippen molar-refractivity contribution in [2.75, 3.05) is 6.79 Å². The second-order valence-corrected chi connectivity index (χ2v) is 2.06. The van der Waals surface area contributed by atoms with Crippen molar-refractivity contribution in [1.29, 1.82) is 0 Å². The maximum absolute atomic E-state index is 10.7. The van der Waals surface area contributed by atoms with E-state index in [0.717, 1.165) is 6.92 Å². The molecule has 2 N–H and O–H groups in total. The van der Waals surface area contributed by atoms with Gasteiger partial charge in [-0.05, 0) is 6.92 Å². The first-order chi connectivity index (χ1) is 5.95. The second kappa shape index (κ2) is 5.09. The number of hydrogen-bond donors (Lipinski definition) is 1. The molecule has 0 aliphatic heterocycles. The monoisotopic (exact) mass is 190 g/mol. The van der Waals surface area contributed by atoms with E-state index in [2.05, 4.69) is 9.47 Å². The van der Waals surface area contributed by atoms with Crippen LogP contribution in [0.15, 0.2) is 0 Å². The molecule has 0 aromatic rings. The summed E-state index contributed by atoms with van der Waals surface area (Å²) in [6.07, 6.45) is -1.83. The van der Waals surface area contributed by atoms with E-state index < -0.39 is 30.7 Å². The van der Waals surface area contributed by atoms with Gasteiger partial charge in [-0.3, -0.25) is 4.79 Å². The van der Waals surface area contributed by atoms with Gasteiger partial charge in [0.15, 0.2) is 11.8 Å². The Morgan fingerprint density at radius 1 is 1.31 bits per heavy atom. The highest BCUT2D eigenvalue weighted by molar-refractivity contribution is 6.01. The molecule has 1 atom stereocenters. The summed E-state index contributed by atoms with van der Waals surface area (Å²) >= 11 is 0. The molecule has 0 bridgehead atoms. The maximum atomic E-state index is 10.7. The SMILES string of the molecule is CC(=O)C(N)C(=O)OCOC([O])=O. The van der Waals surface area contributed by atoms with Gasteiger partial charge < -0.3 is 15.2 Å². The predicted octanol–water partition coefficient (Wildman–Crippen LogP) is -1.03. The van der Waals surface area contributed by atoms with Crippen LogP contribution in [0.25, 0.3) is 0 Å². The largest absolute Gasteiger partial charge is 0.552 e. The number of carbonyl (C=O) groups excluding carboxylic acids is 3. The fraction of sp³-hybridized carbons (Fsp3) is 0.500. The first-order valence-electron chi connectivity index (χ1n) is 3.21. The lowest BCUT2D eigenvalue weighted by Crippen LogP contribution is -2.38. The third kappa shape index (κ3) is 4.75. The van der Waals surface area contributed by atoms with Gasteiger partial charge in [-0.15, -0.1) is 0 Å². The standard InChI is InChI=1S/C6H8NO6/c1-3(8)4(7)5(9)12-2-13-6(10)11/h4H,2,7H2,1H3. The number of ketones is 1. The highest BCUT2D eigenvalue weighted by Crippen LogP contribution is 1.88. The van der Waals surface area contributed by atoms with Crippen molar-refractivity contribution in [3.63, 3.8) is 0 Å². The first-order valence-corrected chi connectivity index (χ1v) is 3.21. The number of ether oxygens (including phenoxy) is 2. The van der Waals surface area contributed by atoms with Crippen LogP contribution in [0.2, 0.25) is 0 Å². The second-order valence-electron chi connectivity index (χ2n) is 2.06. The third-order valence-electron chi connectivity index (χ3n) is 1.07. The fourth-order valence-corrected chi connectivity index (χ4v) is 0.391. The lowest BCUT2D eigenvalue weighted by Gasteiger charge is -2.06. The molecule has 73 valence electrons. The van der Waals surface area contributed by atoms with Crippen LogP contribution in [0.5, 0.6) is 0 Å². The Kier molecular flexibility index (Phi) is 4.45. The van der Waals surface area contributed by atoms with Gasteiger partial charge in [0.2, 0.25) is 6.79 Å². The number of Topliss-reactive ketones (excluding diaryl/α,β-unsaturated/α-hetero) is 1. The maximum Gasteiger partial charge on any atom is 0.552 e. The van der Waals surface area contributed by atoms with Crippen molar-refractivity contribution in [2.24, 2.45) is 5.73 Å². The van der Waals surface area contributed by atoms with E-state index in [4.69, 9.17) is 5.73 Å². The smallest absolute Gasteiger partial charge is 0.426 e. The van der Waals surface area contributed by atoms with Crippen molar-refractivity contribution in [2.45, 2.75) is 13.0 Å². The molecule has 0 amide bonds. The first kappa shape index (κ1) is 11.4. The minimum Gasteiger partial charge on any atom is -0.426 e. The van der Waals surface area contributed by atoms with Crippen LogP contribution in [0.4, 0.5) is 4.79 Å². The zero-order chi connectivity index (χ0) is 10.4. The predicted molar refractivity (Wildman–Crippen MR) is 36.8 cm³/mol. The molecule has 1 unspecified atom stereocenters. The lowest BCUT2D eigenvalue weighted by atomic mass is 10.2. The molecule has 0 aromatic carbocycles. The molecule has 7 heteroatoms. The van der Waals surface area contributed by atoms with Crippen LogP contribution < -0.4 is 5.73 Å². The van der Waals surface area contributed by atoms with Crippen molar-refractivity contribution in [1.82, 2.24) is 0 Å². The van der Waals surface area contributed by atoms with Gasteiger partial charge in [0.1, 0.15) is 0 Å². The summed E-state index contributed by atoms with van der Waals surface area (Å²) < 4.78 is 7.89. The van der Waals surface area contributed by atoms with E-state index in [1.165, 1.54) is 0 Å². The lowest BCUT2D eigenvalue weighted by molar-refractivity contribution is -0.156. The molecule has 0 aliphatic rings. The third-order valence-corrected chi connectivity index (χ3v) is 1.07. The Bertz CT molecular complexity index is 225. The summed E-state index contributed by atoms with van der Waals surface area (Å²) in [5.74, 6) is -1.63. The average molecular weight is 190 g/mol. The number of nitrogens with two attached hydrogens (primary N) is 1. The van der Waals surface area contributed by atoms with E-state index >= 15 is 0 Å². The van der Waals surface area contributed by atoms with E-state index in [-0.39, 0.29) is 0 Å². The molecule has 13 heavy (non-hydrogen) atoms. The molecule has 0 rings (SSSR count).